The molecular weight excluding hydrogens is 480 g/mol. The molecule has 3 amide bonds. The molecule has 0 bridgehead atoms. The highest BCUT2D eigenvalue weighted by Gasteiger charge is 2.36. The van der Waals surface area contributed by atoms with Gasteiger partial charge in [-0.05, 0) is 32.4 Å². The number of oxazole rings is 1. The largest absolute Gasteiger partial charge is 0.453 e. The molecule has 12 nitrogen and oxygen atoms in total. The molecule has 0 spiro atoms. The lowest BCUT2D eigenvalue weighted by Crippen LogP contribution is -2.53. The van der Waals surface area contributed by atoms with Crippen LogP contribution in [-0.2, 0) is 25.1 Å². The summed E-state index contributed by atoms with van der Waals surface area (Å²) in [7, 11) is -2.90. The van der Waals surface area contributed by atoms with E-state index in [0.29, 0.717) is 34.5 Å². The highest BCUT2D eigenvalue weighted by atomic mass is 32.2. The number of alkyl carbamates (subject to hydrolysis) is 1. The van der Waals surface area contributed by atoms with Crippen molar-refractivity contribution in [1.29, 1.82) is 0 Å². The lowest BCUT2D eigenvalue weighted by Gasteiger charge is -2.25. The number of hydrogen-bond acceptors (Lipinski definition) is 10. The van der Waals surface area contributed by atoms with Gasteiger partial charge in [-0.1, -0.05) is 24.2 Å². The van der Waals surface area contributed by atoms with Crippen LogP contribution in [0.5, 0.6) is 0 Å². The van der Waals surface area contributed by atoms with Gasteiger partial charge in [0.15, 0.2) is 15.4 Å². The second kappa shape index (κ2) is 10.7. The molecule has 0 aliphatic rings. The van der Waals surface area contributed by atoms with Gasteiger partial charge < -0.3 is 19.0 Å². The molecule has 1 atom stereocenters. The lowest BCUT2D eigenvalue weighted by atomic mass is 10.2. The Morgan fingerprint density at radius 3 is 2.51 bits per heavy atom. The number of fused-ring (bicyclic) bond motifs is 1. The number of nitrogens with zero attached hydrogens (tertiary/aromatic N) is 3. The third kappa shape index (κ3) is 6.04. The van der Waals surface area contributed by atoms with Crippen molar-refractivity contribution in [2.75, 3.05) is 19.4 Å². The number of aryl methyl sites for hydroxylation is 2. The first-order valence-electron chi connectivity index (χ1n) is 10.7. The van der Waals surface area contributed by atoms with E-state index in [4.69, 9.17) is 8.94 Å². The van der Waals surface area contributed by atoms with Crippen LogP contribution in [0, 0.1) is 13.8 Å². The van der Waals surface area contributed by atoms with Crippen LogP contribution >= 0.6 is 0 Å². The van der Waals surface area contributed by atoms with Crippen LogP contribution in [0.25, 0.3) is 11.1 Å². The third-order valence-electron chi connectivity index (χ3n) is 5.18. The van der Waals surface area contributed by atoms with Crippen molar-refractivity contribution in [2.24, 2.45) is 0 Å². The minimum Gasteiger partial charge on any atom is -0.453 e. The number of nitrogens with one attached hydrogen (secondary N) is 1. The molecular formula is C22H26N4O8S. The van der Waals surface area contributed by atoms with Crippen LogP contribution in [0.4, 0.5) is 4.79 Å². The smallest absolute Gasteiger partial charge is 0.407 e. The first-order chi connectivity index (χ1) is 16.6. The van der Waals surface area contributed by atoms with Crippen LogP contribution in [-0.4, -0.2) is 66.8 Å². The zero-order valence-corrected chi connectivity index (χ0v) is 20.5. The Labute approximate surface area is 201 Å². The predicted molar refractivity (Wildman–Crippen MR) is 123 cm³/mol. The Bertz CT molecular complexity index is 1290. The van der Waals surface area contributed by atoms with Gasteiger partial charge in [-0.25, -0.2) is 18.2 Å². The summed E-state index contributed by atoms with van der Waals surface area (Å²) < 4.78 is 41.0. The highest BCUT2D eigenvalue weighted by molar-refractivity contribution is 7.90. The number of amides is 3. The fourth-order valence-electron chi connectivity index (χ4n) is 3.42. The molecule has 2 heterocycles. The fraction of sp³-hybridized carbons (Fsp3) is 0.409. The number of sulfone groups is 1. The van der Waals surface area contributed by atoms with Gasteiger partial charge in [-0.2, -0.15) is 0 Å². The molecule has 2 aromatic heterocycles. The number of aromatic nitrogens is 2. The number of ether oxygens (including phenoxy) is 1. The number of methoxy groups -OCH3 is 1. The summed E-state index contributed by atoms with van der Waals surface area (Å²) >= 11 is 0. The molecule has 35 heavy (non-hydrogen) atoms. The quantitative estimate of drug-likeness (QED) is 0.455. The van der Waals surface area contributed by atoms with E-state index in [1.165, 1.54) is 0 Å². The van der Waals surface area contributed by atoms with Crippen molar-refractivity contribution in [3.8, 4) is 0 Å². The van der Waals surface area contributed by atoms with E-state index in [2.05, 4.69) is 20.2 Å². The van der Waals surface area contributed by atoms with Crippen LogP contribution < -0.4 is 5.32 Å². The first kappa shape index (κ1) is 25.9. The molecule has 1 N–H and O–H groups in total. The molecule has 3 aromatic rings. The maximum atomic E-state index is 13.4. The standard InChI is InChI=1S/C22H26N4O8S/c1-5-10-26(21(28)19-23-16-8-6-7-9-18(16)33-19)20(27)17(24-22(29)32-4)12-35(30,31)11-15-13(2)25-34-14(15)3/h6-9,17H,5,10-12H2,1-4H3,(H,24,29). The molecule has 0 saturated carbocycles. The summed E-state index contributed by atoms with van der Waals surface area (Å²) in [6.45, 7) is 4.84. The number of benzene rings is 1. The van der Waals surface area contributed by atoms with Crippen molar-refractivity contribution in [3.05, 3.63) is 47.2 Å². The van der Waals surface area contributed by atoms with Gasteiger partial charge in [0.05, 0.1) is 24.3 Å². The summed E-state index contributed by atoms with van der Waals surface area (Å²) in [5.74, 6) is -3.05. The Morgan fingerprint density at radius 1 is 1.20 bits per heavy atom. The van der Waals surface area contributed by atoms with Crippen molar-refractivity contribution < 1.29 is 36.5 Å². The number of imide groups is 1. The van der Waals surface area contributed by atoms with Crippen molar-refractivity contribution in [1.82, 2.24) is 20.4 Å². The number of hydrogen-bond donors (Lipinski definition) is 1. The third-order valence-corrected chi connectivity index (χ3v) is 6.75. The van der Waals surface area contributed by atoms with Gasteiger partial charge in [0, 0.05) is 12.1 Å². The summed E-state index contributed by atoms with van der Waals surface area (Å²) in [5, 5.41) is 5.97. The van der Waals surface area contributed by atoms with Gasteiger partial charge in [0.2, 0.25) is 0 Å². The minimum absolute atomic E-state index is 0.0559. The van der Waals surface area contributed by atoms with Gasteiger partial charge >= 0.3 is 12.0 Å². The second-order valence-corrected chi connectivity index (χ2v) is 9.94. The molecule has 1 aromatic carbocycles. The van der Waals surface area contributed by atoms with E-state index in [9.17, 15) is 22.8 Å². The molecule has 1 unspecified atom stereocenters. The summed E-state index contributed by atoms with van der Waals surface area (Å²) in [6.07, 6.45) is -0.657. The van der Waals surface area contributed by atoms with Crippen LogP contribution in [0.2, 0.25) is 0 Å². The molecule has 3 rings (SSSR count). The molecule has 0 radical (unpaired) electrons. The van der Waals surface area contributed by atoms with E-state index in [-0.39, 0.29) is 12.4 Å². The minimum atomic E-state index is -3.98. The molecule has 0 aliphatic heterocycles. The zero-order valence-electron chi connectivity index (χ0n) is 19.7. The van der Waals surface area contributed by atoms with Crippen LogP contribution in [0.15, 0.2) is 33.2 Å². The molecule has 0 fully saturated rings. The van der Waals surface area contributed by atoms with Gasteiger partial charge in [-0.3, -0.25) is 14.5 Å². The van der Waals surface area contributed by atoms with E-state index >= 15 is 0 Å². The normalized spacial score (nSPS) is 12.3. The number of rotatable bonds is 9. The first-order valence-corrected chi connectivity index (χ1v) is 12.6. The predicted octanol–water partition coefficient (Wildman–Crippen LogP) is 2.15. The van der Waals surface area contributed by atoms with Crippen LogP contribution in [0.1, 0.15) is 41.0 Å². The van der Waals surface area contributed by atoms with E-state index in [1.807, 2.05) is 0 Å². The maximum Gasteiger partial charge on any atom is 0.407 e. The summed E-state index contributed by atoms with van der Waals surface area (Å²) in [4.78, 5) is 43.4. The fourth-order valence-corrected chi connectivity index (χ4v) is 5.12. The van der Waals surface area contributed by atoms with Gasteiger partial charge in [-0.15, -0.1) is 0 Å². The highest BCUT2D eigenvalue weighted by Crippen LogP contribution is 2.19. The van der Waals surface area contributed by atoms with Gasteiger partial charge in [0.25, 0.3) is 11.8 Å². The number of carbonyl (C=O) groups is 3. The van der Waals surface area contributed by atoms with Crippen molar-refractivity contribution in [2.45, 2.75) is 39.0 Å². The zero-order chi connectivity index (χ0) is 25.8. The Hall–Kier alpha value is -3.74. The second-order valence-electron chi connectivity index (χ2n) is 7.83. The SMILES string of the molecule is CCCN(C(=O)c1nc2ccccc2o1)C(=O)C(CS(=O)(=O)Cc1c(C)noc1C)NC(=O)OC. The number of carbonyl (C=O) groups excluding carboxylic acids is 3. The van der Waals surface area contributed by atoms with E-state index in [0.717, 1.165) is 12.0 Å². The van der Waals surface area contributed by atoms with Crippen molar-refractivity contribution >= 4 is 38.8 Å². The molecule has 188 valence electrons. The van der Waals surface area contributed by atoms with E-state index < -0.39 is 45.3 Å². The Morgan fingerprint density at radius 2 is 1.91 bits per heavy atom. The Balaban J connectivity index is 1.90. The van der Waals surface area contributed by atoms with Crippen LogP contribution in [0.3, 0.4) is 0 Å². The number of para-hydroxylation sites is 2. The average Bonchev–Trinajstić information content (AvgIpc) is 3.39. The summed E-state index contributed by atoms with van der Waals surface area (Å²) in [5.41, 5.74) is 1.54. The van der Waals surface area contributed by atoms with Crippen molar-refractivity contribution in [3.63, 3.8) is 0 Å². The Kier molecular flexibility index (Phi) is 7.89. The molecule has 13 heteroatoms. The lowest BCUT2D eigenvalue weighted by molar-refractivity contribution is -0.130. The van der Waals surface area contributed by atoms with Gasteiger partial charge in [0.1, 0.15) is 17.3 Å². The monoisotopic (exact) mass is 506 g/mol. The average molecular weight is 507 g/mol. The topological polar surface area (TPSA) is 162 Å². The maximum absolute atomic E-state index is 13.4. The molecule has 0 aliphatic carbocycles. The van der Waals surface area contributed by atoms with E-state index in [1.54, 1.807) is 45.0 Å². The molecule has 0 saturated heterocycles. The summed E-state index contributed by atoms with van der Waals surface area (Å²) in [6, 6.07) is 5.08.